The third-order valence-electron chi connectivity index (χ3n) is 5.58. The van der Waals surface area contributed by atoms with Crippen molar-refractivity contribution in [1.29, 1.82) is 0 Å². The molecular formula is C27H22BNO. The number of aliphatic imine (C=N–C) groups is 1. The Kier molecular flexibility index (Phi) is 4.72. The van der Waals surface area contributed by atoms with Crippen LogP contribution >= 0.6 is 0 Å². The largest absolute Gasteiger partial charge is 0.550 e. The molecule has 0 bridgehead atoms. The average molecular weight is 387 g/mol. The summed E-state index contributed by atoms with van der Waals surface area (Å²) in [5.41, 5.74) is 8.84. The minimum atomic E-state index is -0.219. The first-order valence-corrected chi connectivity index (χ1v) is 10.3. The zero-order chi connectivity index (χ0) is 20.5. The van der Waals surface area contributed by atoms with Crippen LogP contribution in [0.4, 0.5) is 5.69 Å². The van der Waals surface area contributed by atoms with E-state index in [1.165, 1.54) is 11.1 Å². The summed E-state index contributed by atoms with van der Waals surface area (Å²) < 4.78 is 6.69. The van der Waals surface area contributed by atoms with Gasteiger partial charge in [0.2, 0.25) is 0 Å². The molecule has 0 aliphatic carbocycles. The zero-order valence-corrected chi connectivity index (χ0v) is 17.2. The molecule has 0 N–H and O–H groups in total. The van der Waals surface area contributed by atoms with Crippen molar-refractivity contribution in [2.24, 2.45) is 4.99 Å². The fraction of sp³-hybridized carbons (Fsp3) is 0.0741. The summed E-state index contributed by atoms with van der Waals surface area (Å²) in [4.78, 5) is 4.92. The standard InChI is InChI=1S/C27H22BNO/c1-19-17-23(21-11-5-3-6-12-21)18-20(2)26(19)30-28-24-15-9-10-16-25(24)29-27(28)22-13-7-4-8-14-22/h3-18H,1-2H3. The molecule has 0 fully saturated rings. The van der Waals surface area contributed by atoms with E-state index in [1.807, 2.05) is 30.3 Å². The summed E-state index contributed by atoms with van der Waals surface area (Å²) >= 11 is 0. The van der Waals surface area contributed by atoms with E-state index in [0.717, 1.165) is 39.2 Å². The molecule has 4 aromatic carbocycles. The first-order chi connectivity index (χ1) is 14.7. The Bertz CT molecular complexity index is 1210. The molecule has 0 atom stereocenters. The molecule has 0 unspecified atom stereocenters. The van der Waals surface area contributed by atoms with E-state index < -0.39 is 0 Å². The summed E-state index contributed by atoms with van der Waals surface area (Å²) in [6.45, 7) is 4.02. The maximum Gasteiger partial charge on any atom is 0.448 e. The molecule has 30 heavy (non-hydrogen) atoms. The normalized spacial score (nSPS) is 12.5. The Morgan fingerprint density at radius 3 is 1.87 bits per heavy atom. The van der Waals surface area contributed by atoms with Crippen molar-refractivity contribution in [3.63, 3.8) is 0 Å². The van der Waals surface area contributed by atoms with Gasteiger partial charge in [-0.2, -0.15) is 0 Å². The van der Waals surface area contributed by atoms with Crippen molar-refractivity contribution in [2.45, 2.75) is 13.8 Å². The van der Waals surface area contributed by atoms with Gasteiger partial charge < -0.3 is 4.65 Å². The number of hydrogen-bond donors (Lipinski definition) is 0. The lowest BCUT2D eigenvalue weighted by Crippen LogP contribution is -2.42. The molecule has 0 radical (unpaired) electrons. The van der Waals surface area contributed by atoms with E-state index in [-0.39, 0.29) is 6.92 Å². The molecular weight excluding hydrogens is 365 g/mol. The van der Waals surface area contributed by atoms with Gasteiger partial charge in [-0.15, -0.1) is 0 Å². The fourth-order valence-electron chi connectivity index (χ4n) is 4.14. The summed E-state index contributed by atoms with van der Waals surface area (Å²) in [5.74, 6) is 0.931. The van der Waals surface area contributed by atoms with E-state index in [0.29, 0.717) is 0 Å². The van der Waals surface area contributed by atoms with E-state index in [4.69, 9.17) is 9.65 Å². The maximum absolute atomic E-state index is 6.69. The van der Waals surface area contributed by atoms with E-state index in [2.05, 4.69) is 80.6 Å². The number of rotatable bonds is 4. The van der Waals surface area contributed by atoms with Crippen LogP contribution in [-0.2, 0) is 0 Å². The molecule has 144 valence electrons. The van der Waals surface area contributed by atoms with Gasteiger partial charge in [0.1, 0.15) is 5.75 Å². The predicted molar refractivity (Wildman–Crippen MR) is 126 cm³/mol. The topological polar surface area (TPSA) is 21.6 Å². The van der Waals surface area contributed by atoms with Gasteiger partial charge in [-0.3, -0.25) is 4.99 Å². The molecule has 1 aliphatic rings. The van der Waals surface area contributed by atoms with Crippen LogP contribution < -0.4 is 10.1 Å². The third kappa shape index (κ3) is 3.33. The molecule has 2 nitrogen and oxygen atoms in total. The molecule has 0 spiro atoms. The lowest BCUT2D eigenvalue weighted by molar-refractivity contribution is 0.585. The second-order valence-corrected chi connectivity index (χ2v) is 7.72. The fourth-order valence-corrected chi connectivity index (χ4v) is 4.14. The summed E-state index contributed by atoms with van der Waals surface area (Å²) in [7, 11) is 0. The Morgan fingerprint density at radius 2 is 1.20 bits per heavy atom. The first kappa shape index (κ1) is 18.4. The number of hydrogen-bond acceptors (Lipinski definition) is 2. The van der Waals surface area contributed by atoms with E-state index in [1.54, 1.807) is 0 Å². The van der Waals surface area contributed by atoms with Crippen LogP contribution in [0.3, 0.4) is 0 Å². The molecule has 0 amide bonds. The molecule has 5 rings (SSSR count). The van der Waals surface area contributed by atoms with Crippen molar-refractivity contribution in [3.8, 4) is 16.9 Å². The highest BCUT2D eigenvalue weighted by Crippen LogP contribution is 2.32. The van der Waals surface area contributed by atoms with Crippen LogP contribution in [0.2, 0.25) is 0 Å². The molecule has 0 saturated carbocycles. The Labute approximate surface area is 178 Å². The van der Waals surface area contributed by atoms with Gasteiger partial charge in [0.05, 0.1) is 11.3 Å². The van der Waals surface area contributed by atoms with E-state index >= 15 is 0 Å². The maximum atomic E-state index is 6.69. The van der Waals surface area contributed by atoms with Crippen LogP contribution in [-0.4, -0.2) is 12.5 Å². The first-order valence-electron chi connectivity index (χ1n) is 10.3. The predicted octanol–water partition coefficient (Wildman–Crippen LogP) is 5.92. The van der Waals surface area contributed by atoms with Gasteiger partial charge in [-0.1, -0.05) is 78.9 Å². The average Bonchev–Trinajstić information content (AvgIpc) is 3.16. The van der Waals surface area contributed by atoms with Crippen LogP contribution in [0.15, 0.2) is 102 Å². The molecule has 0 saturated heterocycles. The quantitative estimate of drug-likeness (QED) is 0.398. The van der Waals surface area contributed by atoms with Crippen molar-refractivity contribution < 1.29 is 4.65 Å². The minimum absolute atomic E-state index is 0.219. The van der Waals surface area contributed by atoms with Crippen molar-refractivity contribution in [1.82, 2.24) is 0 Å². The van der Waals surface area contributed by atoms with Crippen LogP contribution in [0.1, 0.15) is 16.7 Å². The SMILES string of the molecule is Cc1cc(-c2ccccc2)cc(C)c1OB1C(c2ccccc2)=Nc2ccccc21. The zero-order valence-electron chi connectivity index (χ0n) is 17.2. The molecule has 1 heterocycles. The minimum Gasteiger partial charge on any atom is -0.550 e. The second kappa shape index (κ2) is 7.68. The molecule has 3 heteroatoms. The summed E-state index contributed by atoms with van der Waals surface area (Å²) in [5, 5.41) is 0. The van der Waals surface area contributed by atoms with Gasteiger partial charge in [0.25, 0.3) is 0 Å². The van der Waals surface area contributed by atoms with Gasteiger partial charge in [0, 0.05) is 0 Å². The van der Waals surface area contributed by atoms with Gasteiger partial charge in [-0.05, 0) is 65.3 Å². The van der Waals surface area contributed by atoms with Crippen LogP contribution in [0.5, 0.6) is 5.75 Å². The Hall–Kier alpha value is -3.59. The monoisotopic (exact) mass is 387 g/mol. The van der Waals surface area contributed by atoms with E-state index in [9.17, 15) is 0 Å². The highest BCUT2D eigenvalue weighted by molar-refractivity contribution is 7.01. The number of benzene rings is 4. The smallest absolute Gasteiger partial charge is 0.448 e. The number of para-hydroxylation sites is 1. The van der Waals surface area contributed by atoms with Gasteiger partial charge in [-0.25, -0.2) is 0 Å². The number of nitrogens with zero attached hydrogens (tertiary/aromatic N) is 1. The van der Waals surface area contributed by atoms with Crippen LogP contribution in [0, 0.1) is 13.8 Å². The van der Waals surface area contributed by atoms with Crippen molar-refractivity contribution in [2.75, 3.05) is 0 Å². The molecule has 1 aliphatic heterocycles. The second-order valence-electron chi connectivity index (χ2n) is 7.72. The molecule has 4 aromatic rings. The van der Waals surface area contributed by atoms with Gasteiger partial charge >= 0.3 is 6.92 Å². The summed E-state index contributed by atoms with van der Waals surface area (Å²) in [6.07, 6.45) is 0. The third-order valence-corrected chi connectivity index (χ3v) is 5.58. The Balaban J connectivity index is 1.55. The lowest BCUT2D eigenvalue weighted by Gasteiger charge is -2.19. The summed E-state index contributed by atoms with van der Waals surface area (Å²) in [6, 6.07) is 33.4. The highest BCUT2D eigenvalue weighted by atomic mass is 16.4. The number of fused-ring (bicyclic) bond motifs is 1. The van der Waals surface area contributed by atoms with Crippen molar-refractivity contribution in [3.05, 3.63) is 114 Å². The van der Waals surface area contributed by atoms with Gasteiger partial charge in [0.15, 0.2) is 0 Å². The van der Waals surface area contributed by atoms with Crippen LogP contribution in [0.25, 0.3) is 11.1 Å². The van der Waals surface area contributed by atoms with Crippen molar-refractivity contribution >= 4 is 23.7 Å². The molecule has 0 aromatic heterocycles. The lowest BCUT2D eigenvalue weighted by atomic mass is 9.56. The number of aryl methyl sites for hydroxylation is 2. The Morgan fingerprint density at radius 1 is 0.633 bits per heavy atom. The highest BCUT2D eigenvalue weighted by Gasteiger charge is 2.36.